The lowest BCUT2D eigenvalue weighted by atomic mass is 10.1. The van der Waals surface area contributed by atoms with Gasteiger partial charge in [-0.15, -0.1) is 0 Å². The Morgan fingerprint density at radius 2 is 1.81 bits per heavy atom. The second-order valence-electron chi connectivity index (χ2n) is 7.18. The van der Waals surface area contributed by atoms with Crippen molar-refractivity contribution < 1.29 is 8.42 Å². The van der Waals surface area contributed by atoms with Crippen LogP contribution in [0.1, 0.15) is 5.56 Å². The number of aryl methyl sites for hydroxylation is 1. The number of aromatic nitrogens is 4. The fraction of sp³-hybridized carbons (Fsp3) is 0.190. The lowest BCUT2D eigenvalue weighted by Gasteiger charge is -2.07. The zero-order chi connectivity index (χ0) is 22.2. The maximum atomic E-state index is 12.6. The molecule has 0 aliphatic carbocycles. The van der Waals surface area contributed by atoms with Gasteiger partial charge in [0.1, 0.15) is 5.52 Å². The van der Waals surface area contributed by atoms with Gasteiger partial charge in [0.25, 0.3) is 5.56 Å². The van der Waals surface area contributed by atoms with Gasteiger partial charge in [0.2, 0.25) is 10.0 Å². The van der Waals surface area contributed by atoms with Gasteiger partial charge in [0.15, 0.2) is 0 Å². The van der Waals surface area contributed by atoms with Crippen LogP contribution in [0.3, 0.4) is 0 Å². The molecular formula is C21H21N5O4S. The molecule has 0 atom stereocenters. The number of rotatable bonds is 6. The first kappa shape index (κ1) is 20.8. The molecule has 3 heterocycles. The van der Waals surface area contributed by atoms with Crippen molar-refractivity contribution in [2.24, 2.45) is 14.1 Å². The van der Waals surface area contributed by atoms with E-state index in [1.165, 1.54) is 23.7 Å². The van der Waals surface area contributed by atoms with Gasteiger partial charge < -0.3 is 4.98 Å². The lowest BCUT2D eigenvalue weighted by Crippen LogP contribution is -2.36. The third-order valence-corrected chi connectivity index (χ3v) is 6.63. The summed E-state index contributed by atoms with van der Waals surface area (Å²) in [5.74, 6) is 0. The molecule has 0 bridgehead atoms. The molecule has 4 rings (SSSR count). The van der Waals surface area contributed by atoms with Gasteiger partial charge in [-0.2, -0.15) is 0 Å². The molecule has 1 aromatic carbocycles. The smallest absolute Gasteiger partial charge is 0.331 e. The fourth-order valence-electron chi connectivity index (χ4n) is 3.38. The van der Waals surface area contributed by atoms with Gasteiger partial charge in [-0.1, -0.05) is 18.2 Å². The van der Waals surface area contributed by atoms with Crippen molar-refractivity contribution in [1.82, 2.24) is 23.8 Å². The molecule has 2 N–H and O–H groups in total. The highest BCUT2D eigenvalue weighted by atomic mass is 32.2. The van der Waals surface area contributed by atoms with E-state index in [-0.39, 0.29) is 11.4 Å². The Balaban J connectivity index is 1.56. The van der Waals surface area contributed by atoms with Crippen LogP contribution in [0.15, 0.2) is 69.3 Å². The number of H-pyrrole nitrogens is 1. The Morgan fingerprint density at radius 3 is 2.48 bits per heavy atom. The van der Waals surface area contributed by atoms with E-state index in [1.807, 2.05) is 6.07 Å². The van der Waals surface area contributed by atoms with E-state index in [9.17, 15) is 18.0 Å². The third kappa shape index (κ3) is 3.94. The maximum Gasteiger partial charge on any atom is 0.331 e. The Bertz CT molecular complexity index is 1470. The molecule has 0 unspecified atom stereocenters. The number of fused-ring (bicyclic) bond motifs is 1. The fourth-order valence-corrected chi connectivity index (χ4v) is 4.41. The molecule has 0 saturated carbocycles. The topological polar surface area (TPSA) is 119 Å². The summed E-state index contributed by atoms with van der Waals surface area (Å²) in [6, 6.07) is 11.7. The van der Waals surface area contributed by atoms with Crippen molar-refractivity contribution in [1.29, 1.82) is 0 Å². The van der Waals surface area contributed by atoms with Crippen LogP contribution in [-0.4, -0.2) is 34.1 Å². The number of benzene rings is 1. The van der Waals surface area contributed by atoms with Gasteiger partial charge in [-0.05, 0) is 41.8 Å². The molecule has 0 amide bonds. The third-order valence-electron chi connectivity index (χ3n) is 5.15. The molecule has 0 spiro atoms. The first-order valence-corrected chi connectivity index (χ1v) is 11.0. The zero-order valence-corrected chi connectivity index (χ0v) is 17.8. The summed E-state index contributed by atoms with van der Waals surface area (Å²) < 4.78 is 30.1. The van der Waals surface area contributed by atoms with Crippen molar-refractivity contribution in [3.63, 3.8) is 0 Å². The molecule has 160 valence electrons. The molecular weight excluding hydrogens is 418 g/mol. The molecule has 3 aromatic heterocycles. The van der Waals surface area contributed by atoms with Gasteiger partial charge >= 0.3 is 5.69 Å². The Morgan fingerprint density at radius 1 is 1.06 bits per heavy atom. The van der Waals surface area contributed by atoms with E-state index >= 15 is 0 Å². The SMILES string of the molecule is Cn1c(=O)c2[nH]c(-c3ccc(S(=O)(=O)NCCc4cccnc4)cc3)cc2n(C)c1=O. The molecule has 0 aliphatic heterocycles. The number of hydrogen-bond donors (Lipinski definition) is 2. The predicted molar refractivity (Wildman–Crippen MR) is 117 cm³/mol. The van der Waals surface area contributed by atoms with Crippen LogP contribution >= 0.6 is 0 Å². The minimum absolute atomic E-state index is 0.141. The van der Waals surface area contributed by atoms with E-state index < -0.39 is 21.3 Å². The summed E-state index contributed by atoms with van der Waals surface area (Å²) in [4.78, 5) is 31.7. The van der Waals surface area contributed by atoms with Crippen LogP contribution in [0.4, 0.5) is 0 Å². The van der Waals surface area contributed by atoms with E-state index in [0.29, 0.717) is 28.7 Å². The standard InChI is InChI=1S/C21H21N5O4S/c1-25-18-12-17(24-19(18)20(27)26(2)21(25)28)15-5-7-16(8-6-15)31(29,30)23-11-9-14-4-3-10-22-13-14/h3-8,10,12-13,23-24H,9,11H2,1-2H3. The van der Waals surface area contributed by atoms with Crippen molar-refractivity contribution in [3.8, 4) is 11.3 Å². The largest absolute Gasteiger partial charge is 0.349 e. The second-order valence-corrected chi connectivity index (χ2v) is 8.95. The van der Waals surface area contributed by atoms with Crippen LogP contribution < -0.4 is 16.0 Å². The summed E-state index contributed by atoms with van der Waals surface area (Å²) in [7, 11) is -0.644. The van der Waals surface area contributed by atoms with E-state index in [4.69, 9.17) is 0 Å². The highest BCUT2D eigenvalue weighted by Gasteiger charge is 2.16. The van der Waals surface area contributed by atoms with Crippen LogP contribution in [0, 0.1) is 0 Å². The zero-order valence-electron chi connectivity index (χ0n) is 17.0. The highest BCUT2D eigenvalue weighted by molar-refractivity contribution is 7.89. The highest BCUT2D eigenvalue weighted by Crippen LogP contribution is 2.23. The summed E-state index contributed by atoms with van der Waals surface area (Å²) in [5, 5.41) is 0. The lowest BCUT2D eigenvalue weighted by molar-refractivity contribution is 0.581. The summed E-state index contributed by atoms with van der Waals surface area (Å²) in [6.45, 7) is 0.259. The van der Waals surface area contributed by atoms with Gasteiger partial charge in [-0.3, -0.25) is 18.9 Å². The van der Waals surface area contributed by atoms with Crippen molar-refractivity contribution in [3.05, 3.63) is 81.3 Å². The number of nitrogens with zero attached hydrogens (tertiary/aromatic N) is 3. The quantitative estimate of drug-likeness (QED) is 0.467. The molecule has 0 saturated heterocycles. The summed E-state index contributed by atoms with van der Waals surface area (Å²) >= 11 is 0. The molecule has 0 aliphatic rings. The molecule has 9 nitrogen and oxygen atoms in total. The summed E-state index contributed by atoms with van der Waals surface area (Å²) in [6.07, 6.45) is 3.90. The number of aromatic amines is 1. The van der Waals surface area contributed by atoms with Crippen molar-refractivity contribution >= 4 is 21.1 Å². The van der Waals surface area contributed by atoms with Crippen LogP contribution in [0.2, 0.25) is 0 Å². The minimum atomic E-state index is -3.66. The van der Waals surface area contributed by atoms with Crippen molar-refractivity contribution in [2.75, 3.05) is 6.54 Å². The Labute approximate surface area is 178 Å². The molecule has 31 heavy (non-hydrogen) atoms. The predicted octanol–water partition coefficient (Wildman–Crippen LogP) is 1.15. The molecule has 0 fully saturated rings. The first-order chi connectivity index (χ1) is 14.8. The van der Waals surface area contributed by atoms with Gasteiger partial charge in [-0.25, -0.2) is 17.9 Å². The summed E-state index contributed by atoms with van der Waals surface area (Å²) in [5.41, 5.74) is 2.22. The van der Waals surface area contributed by atoms with E-state index in [2.05, 4.69) is 14.7 Å². The van der Waals surface area contributed by atoms with E-state index in [1.54, 1.807) is 43.7 Å². The Hall–Kier alpha value is -3.50. The average molecular weight is 439 g/mol. The van der Waals surface area contributed by atoms with Crippen LogP contribution in [-0.2, 0) is 30.5 Å². The molecule has 4 aromatic rings. The Kier molecular flexibility index (Phi) is 5.34. The number of hydrogen-bond acceptors (Lipinski definition) is 5. The first-order valence-electron chi connectivity index (χ1n) is 9.55. The van der Waals surface area contributed by atoms with E-state index in [0.717, 1.165) is 10.1 Å². The van der Waals surface area contributed by atoms with Gasteiger partial charge in [0.05, 0.1) is 10.4 Å². The molecule has 0 radical (unpaired) electrons. The van der Waals surface area contributed by atoms with Crippen LogP contribution in [0.25, 0.3) is 22.3 Å². The maximum absolute atomic E-state index is 12.6. The second kappa shape index (κ2) is 7.97. The minimum Gasteiger partial charge on any atom is -0.349 e. The number of sulfonamides is 1. The number of pyridine rings is 1. The van der Waals surface area contributed by atoms with Crippen LogP contribution in [0.5, 0.6) is 0 Å². The number of nitrogens with one attached hydrogen (secondary N) is 2. The molecule has 10 heteroatoms. The monoisotopic (exact) mass is 439 g/mol. The van der Waals surface area contributed by atoms with Gasteiger partial charge in [0, 0.05) is 38.7 Å². The normalized spacial score (nSPS) is 11.8. The average Bonchev–Trinajstić information content (AvgIpc) is 3.23. The van der Waals surface area contributed by atoms with Crippen molar-refractivity contribution in [2.45, 2.75) is 11.3 Å².